The van der Waals surface area contributed by atoms with Crippen LogP contribution in [-0.4, -0.2) is 48.2 Å². The average Bonchev–Trinajstić information content (AvgIpc) is 2.86. The molecule has 0 bridgehead atoms. The van der Waals surface area contributed by atoms with Gasteiger partial charge in [-0.3, -0.25) is 0 Å². The first-order chi connectivity index (χ1) is 12.5. The van der Waals surface area contributed by atoms with Gasteiger partial charge in [-0.05, 0) is 43.9 Å². The van der Waals surface area contributed by atoms with Crippen LogP contribution >= 0.6 is 11.6 Å². The number of halogens is 1. The minimum atomic E-state index is -3.35. The van der Waals surface area contributed by atoms with E-state index in [0.717, 1.165) is 49.6 Å². The van der Waals surface area contributed by atoms with E-state index in [1.54, 1.807) is 20.7 Å². The number of hydrogen-bond acceptors (Lipinski definition) is 4. The van der Waals surface area contributed by atoms with Crippen LogP contribution in [0.1, 0.15) is 50.3 Å². The lowest BCUT2D eigenvalue weighted by molar-refractivity contribution is 0.271. The normalized spacial score (nSPS) is 21.9. The largest absolute Gasteiger partial charge is 0.440 e. The van der Waals surface area contributed by atoms with Crippen molar-refractivity contribution < 1.29 is 12.8 Å². The molecule has 2 aromatic rings. The zero-order chi connectivity index (χ0) is 18.1. The smallest absolute Gasteiger partial charge is 0.281 e. The maximum atomic E-state index is 12.9. The fourth-order valence-electron chi connectivity index (χ4n) is 3.86. The number of rotatable bonds is 3. The van der Waals surface area contributed by atoms with Crippen molar-refractivity contribution in [3.05, 3.63) is 29.1 Å². The Bertz CT molecular complexity index is 867. The summed E-state index contributed by atoms with van der Waals surface area (Å²) in [7, 11) is -3.35. The minimum Gasteiger partial charge on any atom is -0.440 e. The Morgan fingerprint density at radius 3 is 2.35 bits per heavy atom. The minimum absolute atomic E-state index is 0.150. The Hall–Kier alpha value is -1.15. The Morgan fingerprint density at radius 2 is 1.65 bits per heavy atom. The van der Waals surface area contributed by atoms with Gasteiger partial charge in [-0.1, -0.05) is 24.4 Å². The number of benzene rings is 1. The summed E-state index contributed by atoms with van der Waals surface area (Å²) in [6.45, 7) is 2.33. The van der Waals surface area contributed by atoms with Gasteiger partial charge in [-0.15, -0.1) is 0 Å². The van der Waals surface area contributed by atoms with Crippen LogP contribution in [0.5, 0.6) is 0 Å². The van der Waals surface area contributed by atoms with Crippen LogP contribution in [0.4, 0.5) is 0 Å². The summed E-state index contributed by atoms with van der Waals surface area (Å²) in [6.07, 6.45) is 5.62. The van der Waals surface area contributed by atoms with Crippen LogP contribution in [0.15, 0.2) is 22.6 Å². The predicted molar refractivity (Wildman–Crippen MR) is 102 cm³/mol. The third-order valence-electron chi connectivity index (χ3n) is 5.39. The molecule has 1 aromatic heterocycles. The first kappa shape index (κ1) is 18.2. The van der Waals surface area contributed by atoms with Crippen LogP contribution in [0.25, 0.3) is 11.1 Å². The molecule has 0 N–H and O–H groups in total. The lowest BCUT2D eigenvalue weighted by Gasteiger charge is -2.33. The van der Waals surface area contributed by atoms with Crippen molar-refractivity contribution in [2.45, 2.75) is 44.4 Å². The molecule has 0 radical (unpaired) electrons. The summed E-state index contributed by atoms with van der Waals surface area (Å²) in [6, 6.07) is 5.41. The lowest BCUT2D eigenvalue weighted by Crippen LogP contribution is -2.47. The lowest BCUT2D eigenvalue weighted by atomic mass is 9.98. The van der Waals surface area contributed by atoms with Gasteiger partial charge in [0.25, 0.3) is 10.2 Å². The van der Waals surface area contributed by atoms with E-state index in [1.807, 2.05) is 6.07 Å². The Morgan fingerprint density at radius 1 is 1.00 bits per heavy atom. The topological polar surface area (TPSA) is 66.7 Å². The fourth-order valence-corrected chi connectivity index (χ4v) is 5.75. The van der Waals surface area contributed by atoms with Crippen molar-refractivity contribution in [3.8, 4) is 0 Å². The molecule has 142 valence electrons. The molecule has 2 aliphatic rings. The maximum absolute atomic E-state index is 12.9. The first-order valence-electron chi connectivity index (χ1n) is 9.35. The molecule has 4 rings (SSSR count). The monoisotopic (exact) mass is 397 g/mol. The Balaban J connectivity index is 1.44. The van der Waals surface area contributed by atoms with E-state index >= 15 is 0 Å². The van der Waals surface area contributed by atoms with E-state index in [1.165, 1.54) is 0 Å². The second-order valence-corrected chi connectivity index (χ2v) is 9.52. The average molecular weight is 398 g/mol. The number of piperidine rings is 1. The fraction of sp³-hybridized carbons (Fsp3) is 0.611. The molecule has 6 nitrogen and oxygen atoms in total. The van der Waals surface area contributed by atoms with Gasteiger partial charge < -0.3 is 4.42 Å². The molecule has 0 amide bonds. The molecule has 2 fully saturated rings. The van der Waals surface area contributed by atoms with Gasteiger partial charge in [-0.25, -0.2) is 4.98 Å². The van der Waals surface area contributed by atoms with Crippen LogP contribution in [0, 0.1) is 0 Å². The highest BCUT2D eigenvalue weighted by Gasteiger charge is 2.34. The molecular weight excluding hydrogens is 374 g/mol. The quantitative estimate of drug-likeness (QED) is 0.790. The highest BCUT2D eigenvalue weighted by Crippen LogP contribution is 2.32. The van der Waals surface area contributed by atoms with Gasteiger partial charge in [0.1, 0.15) is 5.52 Å². The molecule has 26 heavy (non-hydrogen) atoms. The predicted octanol–water partition coefficient (Wildman–Crippen LogP) is 3.78. The Labute approximate surface area is 159 Å². The van der Waals surface area contributed by atoms with E-state index < -0.39 is 10.2 Å². The van der Waals surface area contributed by atoms with Crippen LogP contribution in [0.3, 0.4) is 0 Å². The summed E-state index contributed by atoms with van der Waals surface area (Å²) >= 11 is 6.01. The highest BCUT2D eigenvalue weighted by molar-refractivity contribution is 7.86. The molecule has 3 heterocycles. The zero-order valence-electron chi connectivity index (χ0n) is 14.7. The van der Waals surface area contributed by atoms with Gasteiger partial charge >= 0.3 is 0 Å². The van der Waals surface area contributed by atoms with Crippen LogP contribution in [-0.2, 0) is 10.2 Å². The van der Waals surface area contributed by atoms with Crippen molar-refractivity contribution in [2.24, 2.45) is 0 Å². The first-order valence-corrected chi connectivity index (χ1v) is 11.1. The van der Waals surface area contributed by atoms with Crippen LogP contribution < -0.4 is 0 Å². The molecule has 1 aromatic carbocycles. The van der Waals surface area contributed by atoms with Crippen molar-refractivity contribution >= 4 is 32.9 Å². The summed E-state index contributed by atoms with van der Waals surface area (Å²) in [5.74, 6) is 0.839. The van der Waals surface area contributed by atoms with Gasteiger partial charge in [-0.2, -0.15) is 17.0 Å². The third-order valence-corrected chi connectivity index (χ3v) is 7.66. The van der Waals surface area contributed by atoms with Crippen molar-refractivity contribution in [1.82, 2.24) is 13.6 Å². The molecule has 8 heteroatoms. The second-order valence-electron chi connectivity index (χ2n) is 7.16. The van der Waals surface area contributed by atoms with E-state index in [-0.39, 0.29) is 5.92 Å². The van der Waals surface area contributed by atoms with E-state index in [9.17, 15) is 8.42 Å². The molecule has 0 unspecified atom stereocenters. The maximum Gasteiger partial charge on any atom is 0.281 e. The van der Waals surface area contributed by atoms with E-state index in [4.69, 9.17) is 16.0 Å². The van der Waals surface area contributed by atoms with Gasteiger partial charge in [0.2, 0.25) is 0 Å². The third kappa shape index (κ3) is 3.63. The summed E-state index contributed by atoms with van der Waals surface area (Å²) in [5.41, 5.74) is 1.48. The standard InChI is InChI=1S/C18H24ClN3O3S/c19-15-5-6-17-16(13-15)20-18(25-17)14-7-11-22(12-8-14)26(23,24)21-9-3-1-2-4-10-21/h5-6,13-14H,1-4,7-12H2. The van der Waals surface area contributed by atoms with Gasteiger partial charge in [0, 0.05) is 37.1 Å². The van der Waals surface area contributed by atoms with Crippen molar-refractivity contribution in [3.63, 3.8) is 0 Å². The van der Waals surface area contributed by atoms with Crippen molar-refractivity contribution in [2.75, 3.05) is 26.2 Å². The summed E-state index contributed by atoms with van der Waals surface area (Å²) < 4.78 is 35.0. The summed E-state index contributed by atoms with van der Waals surface area (Å²) in [5, 5.41) is 0.635. The van der Waals surface area contributed by atoms with E-state index in [0.29, 0.717) is 37.1 Å². The zero-order valence-corrected chi connectivity index (χ0v) is 16.3. The van der Waals surface area contributed by atoms with E-state index in [2.05, 4.69) is 4.98 Å². The number of oxazole rings is 1. The number of hydrogen-bond donors (Lipinski definition) is 0. The molecule has 0 atom stereocenters. The molecule has 2 saturated heterocycles. The summed E-state index contributed by atoms with van der Waals surface area (Å²) in [4.78, 5) is 4.56. The molecular formula is C18H24ClN3O3S. The van der Waals surface area contributed by atoms with Crippen molar-refractivity contribution in [1.29, 1.82) is 0 Å². The number of aromatic nitrogens is 1. The molecule has 0 aliphatic carbocycles. The molecule has 2 aliphatic heterocycles. The highest BCUT2D eigenvalue weighted by atomic mass is 35.5. The molecule has 0 spiro atoms. The van der Waals surface area contributed by atoms with Gasteiger partial charge in [0.15, 0.2) is 11.5 Å². The SMILES string of the molecule is O=S(=O)(N1CCCCCC1)N1CCC(c2nc3cc(Cl)ccc3o2)CC1. The Kier molecular flexibility index (Phi) is 5.23. The molecule has 0 saturated carbocycles. The number of fused-ring (bicyclic) bond motifs is 1. The second kappa shape index (κ2) is 7.46. The van der Waals surface area contributed by atoms with Gasteiger partial charge in [0.05, 0.1) is 0 Å². The number of nitrogens with zero attached hydrogens (tertiary/aromatic N) is 3. The van der Waals surface area contributed by atoms with Crippen LogP contribution in [0.2, 0.25) is 5.02 Å².